The van der Waals surface area contributed by atoms with Gasteiger partial charge in [0.25, 0.3) is 11.8 Å². The van der Waals surface area contributed by atoms with Crippen molar-refractivity contribution >= 4 is 23.3 Å². The molecule has 0 saturated carbocycles. The average Bonchev–Trinajstić information content (AvgIpc) is 2.81. The number of nitrogens with one attached hydrogen (secondary N) is 1. The van der Waals surface area contributed by atoms with Crippen LogP contribution in [0.4, 0.5) is 5.69 Å². The molecular formula is C21H21N3O4. The van der Waals surface area contributed by atoms with Crippen LogP contribution in [0.5, 0.6) is 5.75 Å². The zero-order valence-corrected chi connectivity index (χ0v) is 15.4. The smallest absolute Gasteiger partial charge is 0.268 e. The number of fused-ring (bicyclic) bond motifs is 1. The first-order valence-corrected chi connectivity index (χ1v) is 8.80. The highest BCUT2D eigenvalue weighted by molar-refractivity contribution is 6.05. The Morgan fingerprint density at radius 3 is 2.61 bits per heavy atom. The second-order valence-corrected chi connectivity index (χ2v) is 6.43. The summed E-state index contributed by atoms with van der Waals surface area (Å²) in [5, 5.41) is 2.54. The maximum absolute atomic E-state index is 12.6. The molecule has 2 aromatic rings. The Bertz CT molecular complexity index is 924. The monoisotopic (exact) mass is 379 g/mol. The van der Waals surface area contributed by atoms with E-state index in [2.05, 4.69) is 5.32 Å². The predicted molar refractivity (Wildman–Crippen MR) is 105 cm³/mol. The Balaban J connectivity index is 1.65. The largest absolute Gasteiger partial charge is 0.489 e. The molecule has 7 nitrogen and oxygen atoms in total. The lowest BCUT2D eigenvalue weighted by atomic mass is 10.1. The highest BCUT2D eigenvalue weighted by Crippen LogP contribution is 2.29. The van der Waals surface area contributed by atoms with Crippen molar-refractivity contribution in [2.75, 3.05) is 18.6 Å². The molecule has 7 heteroatoms. The predicted octanol–water partition coefficient (Wildman–Crippen LogP) is 1.18. The second kappa shape index (κ2) is 8.39. The minimum Gasteiger partial charge on any atom is -0.489 e. The third kappa shape index (κ3) is 4.37. The molecule has 1 aliphatic rings. The summed E-state index contributed by atoms with van der Waals surface area (Å²) in [6.07, 6.45) is 1.22. The molecule has 0 radical (unpaired) electrons. The molecule has 1 atom stereocenters. The molecule has 0 spiro atoms. The van der Waals surface area contributed by atoms with Gasteiger partial charge in [0.05, 0.1) is 5.69 Å². The fraction of sp³-hybridized carbons (Fsp3) is 0.190. The van der Waals surface area contributed by atoms with E-state index in [1.165, 1.54) is 4.90 Å². The van der Waals surface area contributed by atoms with Crippen LogP contribution in [0.3, 0.4) is 0 Å². The van der Waals surface area contributed by atoms with Crippen LogP contribution in [0.25, 0.3) is 0 Å². The van der Waals surface area contributed by atoms with Crippen molar-refractivity contribution in [3.63, 3.8) is 0 Å². The van der Waals surface area contributed by atoms with E-state index in [4.69, 9.17) is 10.5 Å². The number of hydrogen-bond acceptors (Lipinski definition) is 5. The zero-order valence-electron chi connectivity index (χ0n) is 15.4. The summed E-state index contributed by atoms with van der Waals surface area (Å²) in [6, 6.07) is 15.3. The molecule has 144 valence electrons. The number of carbonyl (C=O) groups excluding carboxylic acids is 3. The number of anilines is 1. The van der Waals surface area contributed by atoms with Gasteiger partial charge in [-0.2, -0.15) is 0 Å². The average molecular weight is 379 g/mol. The summed E-state index contributed by atoms with van der Waals surface area (Å²) in [5.74, 6) is -0.770. The number of hydrogen-bond donors (Lipinski definition) is 2. The van der Waals surface area contributed by atoms with Crippen molar-refractivity contribution < 1.29 is 19.1 Å². The topological polar surface area (TPSA) is 102 Å². The van der Waals surface area contributed by atoms with E-state index in [1.54, 1.807) is 31.3 Å². The SMILES string of the molecule is CN1C(=O)[C@@H](NC(=O)C(N)=CC(=O)Cc2ccccc2)COc2ccccc21. The van der Waals surface area contributed by atoms with E-state index < -0.39 is 11.9 Å². The lowest BCUT2D eigenvalue weighted by Crippen LogP contribution is -2.50. The van der Waals surface area contributed by atoms with E-state index in [0.717, 1.165) is 11.6 Å². The summed E-state index contributed by atoms with van der Waals surface area (Å²) < 4.78 is 5.64. The number of nitrogens with zero attached hydrogens (tertiary/aromatic N) is 1. The normalized spacial score (nSPS) is 16.6. The van der Waals surface area contributed by atoms with Gasteiger partial charge in [-0.1, -0.05) is 42.5 Å². The van der Waals surface area contributed by atoms with E-state index >= 15 is 0 Å². The molecule has 0 aliphatic carbocycles. The lowest BCUT2D eigenvalue weighted by Gasteiger charge is -2.20. The van der Waals surface area contributed by atoms with Crippen molar-refractivity contribution in [2.45, 2.75) is 12.5 Å². The van der Waals surface area contributed by atoms with Crippen LogP contribution < -0.4 is 20.7 Å². The standard InChI is InChI=1S/C21H21N3O4/c1-24-18-9-5-6-10-19(18)28-13-17(21(24)27)23-20(26)16(22)12-15(25)11-14-7-3-2-4-8-14/h2-10,12,17H,11,13,22H2,1H3,(H,23,26)/t17-/m0/s1. The minimum atomic E-state index is -0.916. The first kappa shape index (κ1) is 19.2. The van der Waals surface area contributed by atoms with Crippen molar-refractivity contribution in [3.8, 4) is 5.75 Å². The van der Waals surface area contributed by atoms with Crippen molar-refractivity contribution in [1.29, 1.82) is 0 Å². The Hall–Kier alpha value is -3.61. The molecule has 0 bridgehead atoms. The van der Waals surface area contributed by atoms with Crippen LogP contribution in [0, 0.1) is 0 Å². The van der Waals surface area contributed by atoms with Gasteiger partial charge >= 0.3 is 0 Å². The van der Waals surface area contributed by atoms with Crippen molar-refractivity contribution in [2.24, 2.45) is 5.73 Å². The zero-order chi connectivity index (χ0) is 20.1. The van der Waals surface area contributed by atoms with E-state index in [0.29, 0.717) is 11.4 Å². The summed E-state index contributed by atoms with van der Waals surface area (Å²) >= 11 is 0. The van der Waals surface area contributed by atoms with Crippen LogP contribution in [0.15, 0.2) is 66.4 Å². The number of likely N-dealkylation sites (N-methyl/N-ethyl adjacent to an activating group) is 1. The fourth-order valence-electron chi connectivity index (χ4n) is 2.89. The molecule has 28 heavy (non-hydrogen) atoms. The van der Waals surface area contributed by atoms with E-state index in [-0.39, 0.29) is 30.4 Å². The van der Waals surface area contributed by atoms with Gasteiger partial charge < -0.3 is 20.7 Å². The summed E-state index contributed by atoms with van der Waals surface area (Å²) in [4.78, 5) is 38.5. The van der Waals surface area contributed by atoms with Crippen LogP contribution in [0.2, 0.25) is 0 Å². The highest BCUT2D eigenvalue weighted by Gasteiger charge is 2.30. The summed E-state index contributed by atoms with van der Waals surface area (Å²) in [6.45, 7) is -0.0306. The number of para-hydroxylation sites is 2. The third-order valence-electron chi connectivity index (χ3n) is 4.37. The lowest BCUT2D eigenvalue weighted by molar-refractivity contribution is -0.126. The van der Waals surface area contributed by atoms with Crippen LogP contribution in [-0.4, -0.2) is 37.3 Å². The van der Waals surface area contributed by atoms with Gasteiger partial charge in [0.1, 0.15) is 24.1 Å². The number of allylic oxidation sites excluding steroid dienone is 1. The van der Waals surface area contributed by atoms with E-state index in [9.17, 15) is 14.4 Å². The molecule has 3 N–H and O–H groups in total. The number of ketones is 1. The molecule has 1 aliphatic heterocycles. The molecule has 0 saturated heterocycles. The summed E-state index contributed by atoms with van der Waals surface area (Å²) in [7, 11) is 1.61. The van der Waals surface area contributed by atoms with Gasteiger partial charge in [0.15, 0.2) is 5.78 Å². The Morgan fingerprint density at radius 2 is 1.86 bits per heavy atom. The van der Waals surface area contributed by atoms with Crippen LogP contribution >= 0.6 is 0 Å². The molecule has 2 aromatic carbocycles. The van der Waals surface area contributed by atoms with Crippen LogP contribution in [-0.2, 0) is 20.8 Å². The summed E-state index contributed by atoms with van der Waals surface area (Å²) in [5.41, 5.74) is 6.94. The van der Waals surface area contributed by atoms with Gasteiger partial charge in [0, 0.05) is 19.5 Å². The second-order valence-electron chi connectivity index (χ2n) is 6.43. The first-order valence-electron chi connectivity index (χ1n) is 8.80. The van der Waals surface area contributed by atoms with Gasteiger partial charge in [-0.05, 0) is 17.7 Å². The Kier molecular flexibility index (Phi) is 5.74. The Labute approximate surface area is 162 Å². The number of nitrogens with two attached hydrogens (primary N) is 1. The molecule has 0 aromatic heterocycles. The first-order chi connectivity index (χ1) is 13.5. The number of rotatable bonds is 5. The molecular weight excluding hydrogens is 358 g/mol. The maximum atomic E-state index is 12.6. The minimum absolute atomic E-state index is 0.0306. The molecule has 3 rings (SSSR count). The molecule has 1 heterocycles. The number of amides is 2. The van der Waals surface area contributed by atoms with E-state index in [1.807, 2.05) is 30.3 Å². The van der Waals surface area contributed by atoms with Gasteiger partial charge in [-0.25, -0.2) is 0 Å². The van der Waals surface area contributed by atoms with Gasteiger partial charge in [-0.15, -0.1) is 0 Å². The molecule has 2 amide bonds. The maximum Gasteiger partial charge on any atom is 0.268 e. The fourth-order valence-corrected chi connectivity index (χ4v) is 2.89. The van der Waals surface area contributed by atoms with Gasteiger partial charge in [0.2, 0.25) is 0 Å². The van der Waals surface area contributed by atoms with Crippen molar-refractivity contribution in [3.05, 3.63) is 71.9 Å². The number of ether oxygens (including phenoxy) is 1. The number of benzene rings is 2. The molecule has 0 fully saturated rings. The van der Waals surface area contributed by atoms with Crippen LogP contribution in [0.1, 0.15) is 5.56 Å². The quantitative estimate of drug-likeness (QED) is 0.760. The highest BCUT2D eigenvalue weighted by atomic mass is 16.5. The Morgan fingerprint density at radius 1 is 1.18 bits per heavy atom. The van der Waals surface area contributed by atoms with Crippen molar-refractivity contribution in [1.82, 2.24) is 5.32 Å². The third-order valence-corrected chi connectivity index (χ3v) is 4.37. The number of carbonyl (C=O) groups is 3. The molecule has 0 unspecified atom stereocenters. The van der Waals surface area contributed by atoms with Gasteiger partial charge in [-0.3, -0.25) is 14.4 Å².